The maximum absolute atomic E-state index is 10.9. The number of carbonyl (C=O) groups excluding carboxylic acids is 1. The molecule has 0 unspecified atom stereocenters. The molecule has 0 saturated heterocycles. The first-order chi connectivity index (χ1) is 8.61. The fourth-order valence-corrected chi connectivity index (χ4v) is 1.62. The second-order valence-electron chi connectivity index (χ2n) is 3.41. The van der Waals surface area contributed by atoms with Gasteiger partial charge in [0.05, 0.1) is 5.52 Å². The number of H-pyrrole nitrogens is 1. The standard InChI is InChI=1S/C11H8ClN3O3/c12-6-1-2-7-9(5-6)14-15-10(7)13-8(3-4-16)11(17)18/h1-5H,(H,17,18)(H2,13,14,15). The van der Waals surface area contributed by atoms with Crippen LogP contribution in [0.25, 0.3) is 10.9 Å². The number of aliphatic carboxylic acids is 1. The van der Waals surface area contributed by atoms with Crippen molar-refractivity contribution in [3.8, 4) is 0 Å². The number of aromatic nitrogens is 2. The van der Waals surface area contributed by atoms with Crippen molar-refractivity contribution in [1.29, 1.82) is 0 Å². The van der Waals surface area contributed by atoms with Crippen LogP contribution in [-0.4, -0.2) is 27.6 Å². The number of benzene rings is 1. The summed E-state index contributed by atoms with van der Waals surface area (Å²) in [6.07, 6.45) is 1.31. The van der Waals surface area contributed by atoms with Gasteiger partial charge in [-0.1, -0.05) is 11.6 Å². The Kier molecular flexibility index (Phi) is 3.29. The highest BCUT2D eigenvalue weighted by Crippen LogP contribution is 2.24. The molecule has 0 aliphatic carbocycles. The van der Waals surface area contributed by atoms with Crippen LogP contribution in [0.15, 0.2) is 30.0 Å². The van der Waals surface area contributed by atoms with Gasteiger partial charge in [0.15, 0.2) is 5.82 Å². The molecule has 3 N–H and O–H groups in total. The van der Waals surface area contributed by atoms with E-state index < -0.39 is 5.97 Å². The third-order valence-corrected chi connectivity index (χ3v) is 2.48. The zero-order valence-corrected chi connectivity index (χ0v) is 9.73. The van der Waals surface area contributed by atoms with Crippen LogP contribution in [0.1, 0.15) is 0 Å². The number of anilines is 1. The summed E-state index contributed by atoms with van der Waals surface area (Å²) in [5.41, 5.74) is 0.411. The smallest absolute Gasteiger partial charge is 0.352 e. The summed E-state index contributed by atoms with van der Waals surface area (Å²) in [6.45, 7) is 0. The molecule has 0 spiro atoms. The molecule has 2 rings (SSSR count). The van der Waals surface area contributed by atoms with Crippen LogP contribution < -0.4 is 5.32 Å². The number of carboxylic acid groups (broad SMARTS) is 1. The van der Waals surface area contributed by atoms with Crippen molar-refractivity contribution in [1.82, 2.24) is 10.2 Å². The molecule has 0 saturated carbocycles. The molecular weight excluding hydrogens is 258 g/mol. The highest BCUT2D eigenvalue weighted by atomic mass is 35.5. The van der Waals surface area contributed by atoms with E-state index in [1.165, 1.54) is 0 Å². The minimum atomic E-state index is -1.24. The Balaban J connectivity index is 2.40. The minimum Gasteiger partial charge on any atom is -0.477 e. The monoisotopic (exact) mass is 265 g/mol. The fraction of sp³-hybridized carbons (Fsp3) is 0. The van der Waals surface area contributed by atoms with E-state index >= 15 is 0 Å². The molecule has 92 valence electrons. The maximum atomic E-state index is 10.9. The van der Waals surface area contributed by atoms with E-state index in [0.717, 1.165) is 6.08 Å². The number of nitrogens with one attached hydrogen (secondary N) is 2. The van der Waals surface area contributed by atoms with Gasteiger partial charge < -0.3 is 10.4 Å². The molecule has 1 heterocycles. The molecule has 0 atom stereocenters. The molecule has 2 aromatic rings. The summed E-state index contributed by atoms with van der Waals surface area (Å²) in [5.74, 6) is -0.926. The van der Waals surface area contributed by atoms with Crippen molar-refractivity contribution in [3.05, 3.63) is 35.0 Å². The number of hydrogen-bond acceptors (Lipinski definition) is 4. The van der Waals surface area contributed by atoms with Crippen molar-refractivity contribution >= 4 is 40.6 Å². The number of carboxylic acids is 1. The van der Waals surface area contributed by atoms with Crippen LogP contribution in [0.2, 0.25) is 5.02 Å². The van der Waals surface area contributed by atoms with Crippen LogP contribution in [-0.2, 0) is 9.59 Å². The van der Waals surface area contributed by atoms with Crippen molar-refractivity contribution in [2.24, 2.45) is 0 Å². The van der Waals surface area contributed by atoms with Gasteiger partial charge in [0.25, 0.3) is 0 Å². The number of hydrogen-bond donors (Lipinski definition) is 3. The van der Waals surface area contributed by atoms with Gasteiger partial charge >= 0.3 is 5.97 Å². The van der Waals surface area contributed by atoms with E-state index in [1.807, 2.05) is 0 Å². The number of allylic oxidation sites excluding steroid dienone is 1. The van der Waals surface area contributed by atoms with Crippen LogP contribution >= 0.6 is 11.6 Å². The second-order valence-corrected chi connectivity index (χ2v) is 3.85. The predicted octanol–water partition coefficient (Wildman–Crippen LogP) is 1.80. The number of fused-ring (bicyclic) bond motifs is 1. The number of rotatable bonds is 4. The molecule has 1 aromatic carbocycles. The number of aromatic amines is 1. The predicted molar refractivity (Wildman–Crippen MR) is 66.5 cm³/mol. The Bertz CT molecular complexity index is 648. The zero-order valence-electron chi connectivity index (χ0n) is 8.98. The van der Waals surface area contributed by atoms with E-state index in [1.54, 1.807) is 18.2 Å². The molecule has 0 radical (unpaired) electrons. The Hall–Kier alpha value is -2.34. The minimum absolute atomic E-state index is 0.256. The number of halogens is 1. The van der Waals surface area contributed by atoms with E-state index in [0.29, 0.717) is 28.0 Å². The summed E-state index contributed by atoms with van der Waals surface area (Å²) >= 11 is 5.81. The van der Waals surface area contributed by atoms with Crippen LogP contribution in [0.3, 0.4) is 0 Å². The first kappa shape index (κ1) is 12.1. The van der Waals surface area contributed by atoms with Gasteiger partial charge in [0, 0.05) is 16.5 Å². The van der Waals surface area contributed by atoms with Crippen molar-refractivity contribution in [3.63, 3.8) is 0 Å². The molecule has 0 amide bonds. The number of carbonyl (C=O) groups is 2. The Morgan fingerprint density at radius 1 is 1.50 bits per heavy atom. The molecule has 0 aliphatic rings. The van der Waals surface area contributed by atoms with Gasteiger partial charge in [-0.2, -0.15) is 5.10 Å². The highest BCUT2D eigenvalue weighted by Gasteiger charge is 2.11. The van der Waals surface area contributed by atoms with Gasteiger partial charge in [-0.05, 0) is 18.2 Å². The summed E-state index contributed by atoms with van der Waals surface area (Å²) in [4.78, 5) is 21.2. The lowest BCUT2D eigenvalue weighted by molar-refractivity contribution is -0.132. The lowest BCUT2D eigenvalue weighted by atomic mass is 10.2. The second kappa shape index (κ2) is 4.89. The largest absolute Gasteiger partial charge is 0.477 e. The summed E-state index contributed by atoms with van der Waals surface area (Å²) in [6, 6.07) is 5.03. The zero-order chi connectivity index (χ0) is 13.1. The first-order valence-corrected chi connectivity index (χ1v) is 5.29. The van der Waals surface area contributed by atoms with Crippen LogP contribution in [0.4, 0.5) is 5.82 Å². The number of nitrogens with zero attached hydrogens (tertiary/aromatic N) is 1. The fourth-order valence-electron chi connectivity index (χ4n) is 1.45. The average Bonchev–Trinajstić information content (AvgIpc) is 2.71. The molecule has 7 heteroatoms. The Labute approximate surface area is 106 Å². The Morgan fingerprint density at radius 2 is 2.28 bits per heavy atom. The lowest BCUT2D eigenvalue weighted by Crippen LogP contribution is -2.11. The lowest BCUT2D eigenvalue weighted by Gasteiger charge is -2.02. The van der Waals surface area contributed by atoms with Gasteiger partial charge in [0.1, 0.15) is 12.0 Å². The van der Waals surface area contributed by atoms with E-state index in [9.17, 15) is 9.59 Å². The summed E-state index contributed by atoms with van der Waals surface area (Å²) in [5, 5.41) is 19.3. The molecule has 6 nitrogen and oxygen atoms in total. The summed E-state index contributed by atoms with van der Waals surface area (Å²) in [7, 11) is 0. The van der Waals surface area contributed by atoms with Gasteiger partial charge in [-0.25, -0.2) is 4.79 Å². The molecular formula is C11H8ClN3O3. The molecule has 0 fully saturated rings. The van der Waals surface area contributed by atoms with Gasteiger partial charge in [-0.15, -0.1) is 0 Å². The van der Waals surface area contributed by atoms with Crippen molar-refractivity contribution in [2.45, 2.75) is 0 Å². The van der Waals surface area contributed by atoms with Crippen molar-refractivity contribution in [2.75, 3.05) is 5.32 Å². The quantitative estimate of drug-likeness (QED) is 0.579. The molecule has 1 aromatic heterocycles. The summed E-state index contributed by atoms with van der Waals surface area (Å²) < 4.78 is 0. The third kappa shape index (κ3) is 2.33. The maximum Gasteiger partial charge on any atom is 0.352 e. The molecule has 0 aliphatic heterocycles. The molecule has 18 heavy (non-hydrogen) atoms. The Morgan fingerprint density at radius 3 is 2.94 bits per heavy atom. The average molecular weight is 266 g/mol. The van der Waals surface area contributed by atoms with E-state index in [-0.39, 0.29) is 5.70 Å². The SMILES string of the molecule is O=CC=C(Nc1n[nH]c2cc(Cl)ccc12)C(=O)O. The normalized spacial score (nSPS) is 11.5. The van der Waals surface area contributed by atoms with Crippen LogP contribution in [0.5, 0.6) is 0 Å². The van der Waals surface area contributed by atoms with E-state index in [2.05, 4.69) is 15.5 Å². The number of aldehydes is 1. The third-order valence-electron chi connectivity index (χ3n) is 2.24. The van der Waals surface area contributed by atoms with E-state index in [4.69, 9.17) is 16.7 Å². The highest BCUT2D eigenvalue weighted by molar-refractivity contribution is 6.31. The topological polar surface area (TPSA) is 95.1 Å². The van der Waals surface area contributed by atoms with Gasteiger partial charge in [0.2, 0.25) is 0 Å². The van der Waals surface area contributed by atoms with Crippen LogP contribution in [0, 0.1) is 0 Å². The van der Waals surface area contributed by atoms with Gasteiger partial charge in [-0.3, -0.25) is 9.89 Å². The molecule has 0 bridgehead atoms. The van der Waals surface area contributed by atoms with Crippen molar-refractivity contribution < 1.29 is 14.7 Å². The first-order valence-electron chi connectivity index (χ1n) is 4.91.